The molecule has 35 heavy (non-hydrogen) atoms. The number of aryl methyl sites for hydroxylation is 2. The molecule has 0 saturated carbocycles. The van der Waals surface area contributed by atoms with Gasteiger partial charge in [0, 0.05) is 44.0 Å². The first kappa shape index (κ1) is 23.1. The zero-order valence-corrected chi connectivity index (χ0v) is 19.6. The first-order valence-electron chi connectivity index (χ1n) is 10.7. The summed E-state index contributed by atoms with van der Waals surface area (Å²) in [7, 11) is -2.54. The number of oxazole rings is 1. The number of anilines is 1. The number of hydrogen-bond acceptors (Lipinski definition) is 7. The number of amides is 2. The van der Waals surface area contributed by atoms with Gasteiger partial charge in [-0.2, -0.15) is 0 Å². The lowest BCUT2D eigenvalue weighted by atomic mass is 10.1. The van der Waals surface area contributed by atoms with E-state index in [0.29, 0.717) is 11.3 Å². The fraction of sp³-hybridized carbons (Fsp3) is 0.318. The van der Waals surface area contributed by atoms with Gasteiger partial charge >= 0.3 is 0 Å². The van der Waals surface area contributed by atoms with Crippen LogP contribution in [0.3, 0.4) is 0 Å². The molecule has 2 aliphatic rings. The van der Waals surface area contributed by atoms with Gasteiger partial charge in [-0.3, -0.25) is 9.59 Å². The molecule has 2 aromatic heterocycles. The Hall–Kier alpha value is -3.71. The van der Waals surface area contributed by atoms with Crippen molar-refractivity contribution < 1.29 is 31.6 Å². The number of halogens is 1. The van der Waals surface area contributed by atoms with E-state index >= 15 is 0 Å². The van der Waals surface area contributed by atoms with Gasteiger partial charge in [0.1, 0.15) is 17.0 Å². The van der Waals surface area contributed by atoms with Crippen LogP contribution in [0.2, 0.25) is 0 Å². The molecular formula is C22H22FN5O6S. The smallest absolute Gasteiger partial charge is 0.276 e. The van der Waals surface area contributed by atoms with E-state index in [9.17, 15) is 22.4 Å². The summed E-state index contributed by atoms with van der Waals surface area (Å²) in [5.41, 5.74) is 0.833. The summed E-state index contributed by atoms with van der Waals surface area (Å²) < 4.78 is 54.8. The topological polar surface area (TPSA) is 136 Å². The molecule has 11 nitrogen and oxygen atoms in total. The Morgan fingerprint density at radius 3 is 2.80 bits per heavy atom. The van der Waals surface area contributed by atoms with E-state index in [1.807, 2.05) is 0 Å². The maximum absolute atomic E-state index is 13.6. The molecular weight excluding hydrogens is 481 g/mol. The van der Waals surface area contributed by atoms with E-state index in [1.54, 1.807) is 6.92 Å². The van der Waals surface area contributed by atoms with Crippen LogP contribution in [0.15, 0.2) is 46.4 Å². The largest absolute Gasteiger partial charge is 0.489 e. The van der Waals surface area contributed by atoms with Crippen molar-refractivity contribution in [2.45, 2.75) is 17.9 Å². The maximum Gasteiger partial charge on any atom is 0.276 e. The van der Waals surface area contributed by atoms with E-state index in [1.165, 1.54) is 47.2 Å². The summed E-state index contributed by atoms with van der Waals surface area (Å²) in [5, 5.41) is 2.66. The average molecular weight is 504 g/mol. The van der Waals surface area contributed by atoms with Crippen LogP contribution >= 0.6 is 0 Å². The number of fused-ring (bicyclic) bond motifs is 2. The summed E-state index contributed by atoms with van der Waals surface area (Å²) in [4.78, 5) is 30.9. The quantitative estimate of drug-likeness (QED) is 0.553. The summed E-state index contributed by atoms with van der Waals surface area (Å²) in [6, 6.07) is 3.54. The number of likely N-dealkylation sites (tertiary alicyclic amines) is 1. The van der Waals surface area contributed by atoms with Crippen molar-refractivity contribution in [2.24, 2.45) is 13.0 Å². The van der Waals surface area contributed by atoms with Crippen LogP contribution in [0.5, 0.6) is 5.75 Å². The lowest BCUT2D eigenvalue weighted by Gasteiger charge is -2.23. The highest BCUT2D eigenvalue weighted by Gasteiger charge is 2.42. The molecule has 1 fully saturated rings. The van der Waals surface area contributed by atoms with Crippen LogP contribution in [0.1, 0.15) is 26.5 Å². The van der Waals surface area contributed by atoms with Gasteiger partial charge in [0.05, 0.1) is 6.61 Å². The molecule has 13 heteroatoms. The van der Waals surface area contributed by atoms with Gasteiger partial charge in [-0.15, -0.1) is 0 Å². The van der Waals surface area contributed by atoms with E-state index in [2.05, 4.69) is 15.0 Å². The number of hydrogen-bond donors (Lipinski definition) is 2. The van der Waals surface area contributed by atoms with Gasteiger partial charge in [-0.05, 0) is 30.7 Å². The van der Waals surface area contributed by atoms with E-state index in [4.69, 9.17) is 9.15 Å². The molecule has 184 valence electrons. The number of rotatable bonds is 3. The molecule has 1 aromatic carbocycles. The normalized spacial score (nSPS) is 20.8. The molecule has 2 amide bonds. The molecule has 0 bridgehead atoms. The second-order valence-corrected chi connectivity index (χ2v) is 10.3. The number of benzene rings is 1. The summed E-state index contributed by atoms with van der Waals surface area (Å²) >= 11 is 0. The Morgan fingerprint density at radius 2 is 2.09 bits per heavy atom. The SMILES string of the molecule is Cc1cc(NC(=O)c2c3c(cn2C)S(=O)(=O)NC2CN(C(=O)c4cocn4)CC2CO3)ccc1F. The van der Waals surface area contributed by atoms with Crippen LogP contribution in [0.25, 0.3) is 0 Å². The highest BCUT2D eigenvalue weighted by Crippen LogP contribution is 2.35. The molecule has 4 heterocycles. The molecule has 2 unspecified atom stereocenters. The number of aromatic nitrogens is 2. The van der Waals surface area contributed by atoms with Gasteiger partial charge in [0.25, 0.3) is 11.8 Å². The van der Waals surface area contributed by atoms with E-state index < -0.39 is 27.8 Å². The second kappa shape index (κ2) is 8.50. The van der Waals surface area contributed by atoms with Gasteiger partial charge in [-0.1, -0.05) is 0 Å². The highest BCUT2D eigenvalue weighted by atomic mass is 32.2. The molecule has 0 aliphatic carbocycles. The molecule has 5 rings (SSSR count). The van der Waals surface area contributed by atoms with Crippen molar-refractivity contribution in [1.29, 1.82) is 0 Å². The second-order valence-electron chi connectivity index (χ2n) is 8.58. The number of carbonyl (C=O) groups excluding carboxylic acids is 2. The first-order chi connectivity index (χ1) is 16.6. The number of carbonyl (C=O) groups is 2. The Bertz CT molecular complexity index is 1420. The molecule has 0 radical (unpaired) electrons. The molecule has 2 atom stereocenters. The monoisotopic (exact) mass is 503 g/mol. The minimum atomic E-state index is -4.08. The number of sulfonamides is 1. The molecule has 0 spiro atoms. The van der Waals surface area contributed by atoms with Gasteiger partial charge in [0.2, 0.25) is 10.0 Å². The zero-order valence-electron chi connectivity index (χ0n) is 18.8. The molecule has 3 aromatic rings. The molecule has 2 N–H and O–H groups in total. The fourth-order valence-electron chi connectivity index (χ4n) is 4.36. The van der Waals surface area contributed by atoms with Crippen molar-refractivity contribution in [2.75, 3.05) is 25.0 Å². The van der Waals surface area contributed by atoms with Crippen molar-refractivity contribution in [3.05, 3.63) is 59.8 Å². The number of nitrogens with one attached hydrogen (secondary N) is 2. The standard InChI is InChI=1S/C22H22FN5O6S/c1-12-5-14(3-4-15(12)23)25-21(29)19-20-18(8-27(19)2)35(31,32)26-16-7-28(6-13(16)9-34-20)22(30)17-10-33-11-24-17/h3-5,8,10-11,13,16,26H,6-7,9H2,1-2H3,(H,25,29). The summed E-state index contributed by atoms with van der Waals surface area (Å²) in [5.74, 6) is -1.84. The van der Waals surface area contributed by atoms with Gasteiger partial charge < -0.3 is 23.9 Å². The summed E-state index contributed by atoms with van der Waals surface area (Å²) in [6.07, 6.45) is 3.68. The Balaban J connectivity index is 1.42. The third-order valence-corrected chi connectivity index (χ3v) is 7.63. The lowest BCUT2D eigenvalue weighted by molar-refractivity contribution is 0.0776. The van der Waals surface area contributed by atoms with Gasteiger partial charge in [0.15, 0.2) is 23.5 Å². The minimum absolute atomic E-state index is 0.000621. The zero-order chi connectivity index (χ0) is 24.9. The molecule has 2 aliphatic heterocycles. The Kier molecular flexibility index (Phi) is 5.60. The van der Waals surface area contributed by atoms with Crippen LogP contribution < -0.4 is 14.8 Å². The molecule has 1 saturated heterocycles. The third kappa shape index (κ3) is 4.17. The Morgan fingerprint density at radius 1 is 1.29 bits per heavy atom. The number of nitrogens with zero attached hydrogens (tertiary/aromatic N) is 3. The van der Waals surface area contributed by atoms with Crippen LogP contribution in [0, 0.1) is 18.7 Å². The highest BCUT2D eigenvalue weighted by molar-refractivity contribution is 7.89. The predicted molar refractivity (Wildman–Crippen MR) is 120 cm³/mol. The van der Waals surface area contributed by atoms with Crippen LogP contribution in [-0.4, -0.2) is 60.4 Å². The van der Waals surface area contributed by atoms with E-state index in [0.717, 1.165) is 6.39 Å². The van der Waals surface area contributed by atoms with Gasteiger partial charge in [-0.25, -0.2) is 22.5 Å². The number of ether oxygens (including phenoxy) is 1. The third-order valence-electron chi connectivity index (χ3n) is 6.15. The summed E-state index contributed by atoms with van der Waals surface area (Å²) in [6.45, 7) is 2.01. The fourth-order valence-corrected chi connectivity index (χ4v) is 5.84. The van der Waals surface area contributed by atoms with Crippen molar-refractivity contribution in [3.63, 3.8) is 0 Å². The van der Waals surface area contributed by atoms with E-state index in [-0.39, 0.29) is 53.6 Å². The van der Waals surface area contributed by atoms with Crippen molar-refractivity contribution >= 4 is 27.5 Å². The van der Waals surface area contributed by atoms with Crippen molar-refractivity contribution in [3.8, 4) is 5.75 Å². The Labute approximate surface area is 199 Å². The lowest BCUT2D eigenvalue weighted by Crippen LogP contribution is -2.43. The predicted octanol–water partition coefficient (Wildman–Crippen LogP) is 1.52. The van der Waals surface area contributed by atoms with Crippen LogP contribution in [0.4, 0.5) is 10.1 Å². The maximum atomic E-state index is 13.6. The van der Waals surface area contributed by atoms with Crippen LogP contribution in [-0.2, 0) is 17.1 Å². The van der Waals surface area contributed by atoms with Crippen molar-refractivity contribution in [1.82, 2.24) is 19.2 Å². The first-order valence-corrected chi connectivity index (χ1v) is 12.2. The average Bonchev–Trinajstić information content (AvgIpc) is 3.53. The minimum Gasteiger partial charge on any atom is -0.489 e.